The zero-order valence-corrected chi connectivity index (χ0v) is 20.0. The highest BCUT2D eigenvalue weighted by molar-refractivity contribution is 6.33. The van der Waals surface area contributed by atoms with Gasteiger partial charge in [0.15, 0.2) is 0 Å². The zero-order valence-electron chi connectivity index (χ0n) is 19.3. The molecule has 6 fully saturated rings. The molecule has 1 saturated heterocycles. The molecule has 5 heteroatoms. The predicted molar refractivity (Wildman–Crippen MR) is 128 cm³/mol. The molecule has 1 aromatic heterocycles. The van der Waals surface area contributed by atoms with Crippen molar-refractivity contribution in [2.24, 2.45) is 34.5 Å². The van der Waals surface area contributed by atoms with Crippen molar-refractivity contribution in [3.05, 3.63) is 46.9 Å². The van der Waals surface area contributed by atoms with Crippen molar-refractivity contribution in [3.63, 3.8) is 0 Å². The summed E-state index contributed by atoms with van der Waals surface area (Å²) in [6.07, 6.45) is 12.9. The fourth-order valence-electron chi connectivity index (χ4n) is 9.14. The van der Waals surface area contributed by atoms with E-state index in [0.29, 0.717) is 27.1 Å². The molecule has 6 aliphatic rings. The summed E-state index contributed by atoms with van der Waals surface area (Å²) in [6.45, 7) is 4.04. The van der Waals surface area contributed by atoms with Gasteiger partial charge in [-0.05, 0) is 123 Å². The Bertz CT molecular complexity index is 1020. The molecule has 0 atom stereocenters. The first-order chi connectivity index (χ1) is 15.9. The smallest absolute Gasteiger partial charge is 0.123 e. The number of rotatable bonds is 5. The van der Waals surface area contributed by atoms with E-state index in [1.165, 1.54) is 63.9 Å². The minimum absolute atomic E-state index is 0.308. The van der Waals surface area contributed by atoms with Gasteiger partial charge in [0.1, 0.15) is 5.82 Å². The van der Waals surface area contributed by atoms with E-state index in [1.807, 2.05) is 12.1 Å². The fourth-order valence-corrected chi connectivity index (χ4v) is 9.36. The van der Waals surface area contributed by atoms with E-state index in [0.717, 1.165) is 35.8 Å². The molecule has 5 aliphatic carbocycles. The van der Waals surface area contributed by atoms with Crippen molar-refractivity contribution in [1.82, 2.24) is 15.1 Å². The van der Waals surface area contributed by atoms with E-state index in [9.17, 15) is 4.39 Å². The molecule has 0 radical (unpaired) electrons. The Morgan fingerprint density at radius 3 is 2.24 bits per heavy atom. The van der Waals surface area contributed by atoms with Gasteiger partial charge in [-0.3, -0.25) is 0 Å². The summed E-state index contributed by atoms with van der Waals surface area (Å²) in [7, 11) is 0. The van der Waals surface area contributed by atoms with E-state index in [1.54, 1.807) is 25.3 Å². The molecule has 1 aliphatic heterocycles. The Balaban J connectivity index is 0.919. The summed E-state index contributed by atoms with van der Waals surface area (Å²) in [6, 6.07) is 8.32. The van der Waals surface area contributed by atoms with Crippen LogP contribution in [0.3, 0.4) is 0 Å². The summed E-state index contributed by atoms with van der Waals surface area (Å²) < 4.78 is 13.6. The molecule has 3 nitrogen and oxygen atoms in total. The summed E-state index contributed by atoms with van der Waals surface area (Å²) in [5.74, 6) is 3.60. The summed E-state index contributed by atoms with van der Waals surface area (Å²) in [5.41, 5.74) is 3.55. The lowest BCUT2D eigenvalue weighted by Gasteiger charge is -2.63. The first-order valence-electron chi connectivity index (χ1n) is 13.0. The van der Waals surface area contributed by atoms with E-state index in [-0.39, 0.29) is 5.82 Å². The lowest BCUT2D eigenvalue weighted by atomic mass is 9.49. The van der Waals surface area contributed by atoms with Crippen LogP contribution in [0, 0.1) is 40.3 Å². The first-order valence-corrected chi connectivity index (χ1v) is 13.3. The van der Waals surface area contributed by atoms with Crippen LogP contribution in [0.1, 0.15) is 57.1 Å². The highest BCUT2D eigenvalue weighted by Crippen LogP contribution is 2.61. The van der Waals surface area contributed by atoms with Crippen molar-refractivity contribution < 1.29 is 4.39 Å². The van der Waals surface area contributed by atoms with Crippen LogP contribution in [0.15, 0.2) is 30.3 Å². The second-order valence-electron chi connectivity index (χ2n) is 12.6. The molecular weight excluding hydrogens is 433 g/mol. The zero-order chi connectivity index (χ0) is 22.2. The van der Waals surface area contributed by atoms with Gasteiger partial charge < -0.3 is 4.90 Å². The highest BCUT2D eigenvalue weighted by Gasteiger charge is 2.56. The number of aromatic nitrogens is 2. The maximum Gasteiger partial charge on any atom is 0.123 e. The van der Waals surface area contributed by atoms with Crippen molar-refractivity contribution in [3.8, 4) is 11.3 Å². The van der Waals surface area contributed by atoms with Crippen LogP contribution in [0.25, 0.3) is 11.3 Å². The van der Waals surface area contributed by atoms with Crippen LogP contribution in [-0.2, 0) is 6.42 Å². The Morgan fingerprint density at radius 1 is 0.909 bits per heavy atom. The van der Waals surface area contributed by atoms with Gasteiger partial charge in [0, 0.05) is 25.2 Å². The standard InChI is InChI=1S/C28H33ClFN3/c29-25-3-1-22(30)9-24(25)26-4-2-23(31-32-26)8-21-13-28(14-21)16-33(17-28)15-27-10-18-5-19(11-27)7-20(6-18)12-27/h1-4,9,18-21H,5-8,10-17H2. The van der Waals surface area contributed by atoms with Gasteiger partial charge in [0.05, 0.1) is 16.4 Å². The minimum Gasteiger partial charge on any atom is -0.302 e. The fraction of sp³-hybridized carbons (Fsp3) is 0.643. The van der Waals surface area contributed by atoms with Crippen molar-refractivity contribution in [2.45, 2.75) is 57.8 Å². The number of hydrogen-bond acceptors (Lipinski definition) is 3. The number of hydrogen-bond donors (Lipinski definition) is 0. The number of benzene rings is 1. The monoisotopic (exact) mass is 465 g/mol. The first kappa shape index (κ1) is 20.8. The van der Waals surface area contributed by atoms with Gasteiger partial charge >= 0.3 is 0 Å². The molecule has 33 heavy (non-hydrogen) atoms. The molecule has 2 heterocycles. The van der Waals surface area contributed by atoms with Crippen LogP contribution in [0.4, 0.5) is 4.39 Å². The average molecular weight is 466 g/mol. The Kier molecular flexibility index (Phi) is 4.72. The molecule has 5 saturated carbocycles. The third kappa shape index (κ3) is 3.72. The van der Waals surface area contributed by atoms with E-state index in [4.69, 9.17) is 11.6 Å². The number of halogens is 2. The predicted octanol–water partition coefficient (Wildman–Crippen LogP) is 6.41. The largest absolute Gasteiger partial charge is 0.302 e. The second kappa shape index (κ2) is 7.49. The molecule has 0 unspecified atom stereocenters. The highest BCUT2D eigenvalue weighted by atomic mass is 35.5. The topological polar surface area (TPSA) is 29.0 Å². The van der Waals surface area contributed by atoms with Crippen LogP contribution >= 0.6 is 11.6 Å². The van der Waals surface area contributed by atoms with Gasteiger partial charge in [0.25, 0.3) is 0 Å². The number of nitrogens with zero attached hydrogens (tertiary/aromatic N) is 3. The average Bonchev–Trinajstić information content (AvgIpc) is 2.72. The molecule has 1 spiro atoms. The third-order valence-electron chi connectivity index (χ3n) is 9.71. The lowest BCUT2D eigenvalue weighted by Crippen LogP contribution is -2.65. The summed E-state index contributed by atoms with van der Waals surface area (Å²) in [5, 5.41) is 9.28. The van der Waals surface area contributed by atoms with Gasteiger partial charge in [0.2, 0.25) is 0 Å². The van der Waals surface area contributed by atoms with Crippen LogP contribution in [-0.4, -0.2) is 34.7 Å². The second-order valence-corrected chi connectivity index (χ2v) is 13.0. The van der Waals surface area contributed by atoms with Crippen molar-refractivity contribution in [2.75, 3.05) is 19.6 Å². The maximum atomic E-state index is 13.6. The van der Waals surface area contributed by atoms with Gasteiger partial charge in [-0.15, -0.1) is 0 Å². The molecular formula is C28H33ClFN3. The molecule has 0 N–H and O–H groups in total. The van der Waals surface area contributed by atoms with Crippen molar-refractivity contribution in [1.29, 1.82) is 0 Å². The van der Waals surface area contributed by atoms with Crippen molar-refractivity contribution >= 4 is 11.6 Å². The SMILES string of the molecule is Fc1ccc(Cl)c(-c2ccc(CC3CC4(C3)CN(CC35CC6CC(CC(C6)C3)C5)C4)nn2)c1. The minimum atomic E-state index is -0.308. The molecule has 4 bridgehead atoms. The summed E-state index contributed by atoms with van der Waals surface area (Å²) in [4.78, 5) is 2.81. The molecule has 174 valence electrons. The van der Waals surface area contributed by atoms with Gasteiger partial charge in [-0.1, -0.05) is 11.6 Å². The van der Waals surface area contributed by atoms with Crippen LogP contribution in [0.2, 0.25) is 5.02 Å². The molecule has 1 aromatic carbocycles. The Morgan fingerprint density at radius 2 is 1.61 bits per heavy atom. The number of likely N-dealkylation sites (tertiary alicyclic amines) is 1. The third-order valence-corrected chi connectivity index (χ3v) is 10.0. The molecule has 2 aromatic rings. The van der Waals surface area contributed by atoms with E-state index in [2.05, 4.69) is 15.1 Å². The van der Waals surface area contributed by atoms with Crippen LogP contribution < -0.4 is 0 Å². The Hall–Kier alpha value is -1.52. The van der Waals surface area contributed by atoms with Gasteiger partial charge in [-0.2, -0.15) is 10.2 Å². The lowest BCUT2D eigenvalue weighted by molar-refractivity contribution is -0.136. The van der Waals surface area contributed by atoms with E-state index >= 15 is 0 Å². The molecule has 8 rings (SSSR count). The Labute approximate surface area is 201 Å². The summed E-state index contributed by atoms with van der Waals surface area (Å²) >= 11 is 6.21. The van der Waals surface area contributed by atoms with Gasteiger partial charge in [-0.25, -0.2) is 4.39 Å². The molecule has 0 amide bonds. The van der Waals surface area contributed by atoms with Crippen LogP contribution in [0.5, 0.6) is 0 Å². The quantitative estimate of drug-likeness (QED) is 0.511. The normalized spacial score (nSPS) is 34.4. The maximum absolute atomic E-state index is 13.6. The van der Waals surface area contributed by atoms with E-state index < -0.39 is 0 Å².